The molecular weight excluding hydrogens is 424 g/mol. The van der Waals surface area contributed by atoms with Gasteiger partial charge < -0.3 is 9.13 Å². The maximum atomic E-state index is 2.51. The average molecular weight is 449 g/mol. The quantitative estimate of drug-likeness (QED) is 0.238. The van der Waals surface area contributed by atoms with Gasteiger partial charge in [-0.2, -0.15) is 0 Å². The second-order valence-corrected chi connectivity index (χ2v) is 10.2. The van der Waals surface area contributed by atoms with E-state index in [1.807, 2.05) is 0 Å². The minimum atomic E-state index is -0.120. The highest BCUT2D eigenvalue weighted by Gasteiger charge is 2.36. The van der Waals surface area contributed by atoms with E-state index in [9.17, 15) is 0 Å². The molecule has 7 aromatic rings. The van der Waals surface area contributed by atoms with Crippen LogP contribution in [0.3, 0.4) is 0 Å². The summed E-state index contributed by atoms with van der Waals surface area (Å²) in [5, 5.41) is 5.32. The maximum Gasteiger partial charge on any atom is 0.0589 e. The second kappa shape index (κ2) is 6.43. The van der Waals surface area contributed by atoms with Crippen molar-refractivity contribution in [2.75, 3.05) is 0 Å². The van der Waals surface area contributed by atoms with Gasteiger partial charge in [-0.05, 0) is 47.5 Å². The summed E-state index contributed by atoms with van der Waals surface area (Å²) >= 11 is 0. The van der Waals surface area contributed by atoms with Gasteiger partial charge in [-0.25, -0.2) is 0 Å². The predicted molar refractivity (Wildman–Crippen MR) is 147 cm³/mol. The zero-order chi connectivity index (χ0) is 23.3. The van der Waals surface area contributed by atoms with Crippen molar-refractivity contribution in [1.29, 1.82) is 0 Å². The van der Waals surface area contributed by atoms with Crippen molar-refractivity contribution in [2.24, 2.45) is 0 Å². The van der Waals surface area contributed by atoms with Gasteiger partial charge in [-0.3, -0.25) is 0 Å². The minimum absolute atomic E-state index is 0.120. The van der Waals surface area contributed by atoms with E-state index in [2.05, 4.69) is 132 Å². The smallest absolute Gasteiger partial charge is 0.0589 e. The van der Waals surface area contributed by atoms with Crippen LogP contribution in [-0.4, -0.2) is 9.13 Å². The van der Waals surface area contributed by atoms with Crippen LogP contribution in [0.5, 0.6) is 0 Å². The molecule has 35 heavy (non-hydrogen) atoms. The van der Waals surface area contributed by atoms with Crippen LogP contribution >= 0.6 is 0 Å². The summed E-state index contributed by atoms with van der Waals surface area (Å²) in [6.45, 7) is 4.76. The Labute approximate surface area is 203 Å². The van der Waals surface area contributed by atoms with Gasteiger partial charge in [0.25, 0.3) is 0 Å². The Kier molecular flexibility index (Phi) is 3.50. The molecule has 0 atom stereocenters. The maximum absolute atomic E-state index is 2.51. The highest BCUT2D eigenvalue weighted by Crippen LogP contribution is 2.51. The molecule has 0 bridgehead atoms. The van der Waals surface area contributed by atoms with Gasteiger partial charge in [-0.1, -0.05) is 86.6 Å². The van der Waals surface area contributed by atoms with Gasteiger partial charge in [0.1, 0.15) is 0 Å². The van der Waals surface area contributed by atoms with Gasteiger partial charge in [0.05, 0.1) is 27.8 Å². The molecule has 166 valence electrons. The fourth-order valence-corrected chi connectivity index (χ4v) is 6.54. The molecule has 0 radical (unpaired) electrons. The Balaban J connectivity index is 1.72. The van der Waals surface area contributed by atoms with E-state index in [0.29, 0.717) is 0 Å². The zero-order valence-corrected chi connectivity index (χ0v) is 19.8. The van der Waals surface area contributed by atoms with Crippen molar-refractivity contribution >= 4 is 43.6 Å². The molecule has 0 amide bonds. The van der Waals surface area contributed by atoms with Gasteiger partial charge in [0, 0.05) is 32.6 Å². The largest absolute Gasteiger partial charge is 0.309 e. The summed E-state index contributed by atoms with van der Waals surface area (Å²) in [5.41, 5.74) is 10.3. The van der Waals surface area contributed by atoms with E-state index in [4.69, 9.17) is 0 Å². The predicted octanol–water partition coefficient (Wildman–Crippen LogP) is 8.52. The van der Waals surface area contributed by atoms with Crippen molar-refractivity contribution in [3.8, 4) is 11.4 Å². The van der Waals surface area contributed by atoms with Gasteiger partial charge in [-0.15, -0.1) is 0 Å². The number of fused-ring (bicyclic) bond motifs is 9. The molecule has 1 aliphatic heterocycles. The zero-order valence-electron chi connectivity index (χ0n) is 19.8. The molecule has 8 rings (SSSR count). The molecule has 3 heterocycles. The first-order chi connectivity index (χ1) is 17.2. The van der Waals surface area contributed by atoms with Gasteiger partial charge in [0.15, 0.2) is 0 Å². The van der Waals surface area contributed by atoms with Crippen LogP contribution in [0.1, 0.15) is 25.0 Å². The van der Waals surface area contributed by atoms with Crippen molar-refractivity contribution in [3.05, 3.63) is 120 Å². The Bertz CT molecular complexity index is 1970. The highest BCUT2D eigenvalue weighted by atomic mass is 15.0. The monoisotopic (exact) mass is 448 g/mol. The molecule has 0 saturated heterocycles. The number of nitrogens with zero attached hydrogens (tertiary/aromatic N) is 2. The third kappa shape index (κ3) is 2.25. The van der Waals surface area contributed by atoms with E-state index < -0.39 is 0 Å². The number of benzene rings is 5. The first-order valence-corrected chi connectivity index (χ1v) is 12.3. The average Bonchev–Trinajstić information content (AvgIpc) is 3.41. The molecule has 0 saturated carbocycles. The third-order valence-corrected chi connectivity index (χ3v) is 8.08. The third-order valence-electron chi connectivity index (χ3n) is 8.08. The first-order valence-electron chi connectivity index (χ1n) is 12.3. The highest BCUT2D eigenvalue weighted by molar-refractivity contribution is 6.30. The number of rotatable bonds is 1. The van der Waals surface area contributed by atoms with E-state index in [-0.39, 0.29) is 5.41 Å². The van der Waals surface area contributed by atoms with Crippen LogP contribution in [0, 0.1) is 0 Å². The van der Waals surface area contributed by atoms with Crippen molar-refractivity contribution < 1.29 is 0 Å². The minimum Gasteiger partial charge on any atom is -0.309 e. The lowest BCUT2D eigenvalue weighted by Gasteiger charge is -2.35. The fraction of sp³-hybridized carbons (Fsp3) is 0.0909. The summed E-state index contributed by atoms with van der Waals surface area (Å²) < 4.78 is 4.96. The molecule has 2 nitrogen and oxygen atoms in total. The molecule has 2 heteroatoms. The van der Waals surface area contributed by atoms with Crippen LogP contribution in [-0.2, 0) is 5.41 Å². The lowest BCUT2D eigenvalue weighted by molar-refractivity contribution is 0.631. The molecule has 0 N–H and O–H groups in total. The Morgan fingerprint density at radius 1 is 0.514 bits per heavy atom. The summed E-state index contributed by atoms with van der Waals surface area (Å²) in [4.78, 5) is 0. The molecule has 1 aliphatic rings. The Morgan fingerprint density at radius 3 is 1.89 bits per heavy atom. The van der Waals surface area contributed by atoms with Crippen molar-refractivity contribution in [3.63, 3.8) is 0 Å². The summed E-state index contributed by atoms with van der Waals surface area (Å²) in [7, 11) is 0. The van der Waals surface area contributed by atoms with Crippen LogP contribution in [0.4, 0.5) is 0 Å². The van der Waals surface area contributed by atoms with Crippen molar-refractivity contribution in [1.82, 2.24) is 9.13 Å². The Hall–Kier alpha value is -4.30. The topological polar surface area (TPSA) is 9.86 Å². The number of hydrogen-bond donors (Lipinski definition) is 0. The van der Waals surface area contributed by atoms with Gasteiger partial charge in [0.2, 0.25) is 0 Å². The number of hydrogen-bond acceptors (Lipinski definition) is 0. The van der Waals surface area contributed by atoms with E-state index in [1.54, 1.807) is 0 Å². The number of para-hydroxylation sites is 4. The molecule has 0 spiro atoms. The fourth-order valence-electron chi connectivity index (χ4n) is 6.54. The SMILES string of the molecule is CC1(C)c2ccccc2-n2c3ccccc3c3c4c5ccccc5n(-c5ccccc5)c4cc1c32. The van der Waals surface area contributed by atoms with E-state index in [0.717, 1.165) is 0 Å². The van der Waals surface area contributed by atoms with Gasteiger partial charge >= 0.3 is 0 Å². The molecular formula is C33H24N2. The summed E-state index contributed by atoms with van der Waals surface area (Å²) in [5.74, 6) is 0. The lowest BCUT2D eigenvalue weighted by atomic mass is 9.74. The van der Waals surface area contributed by atoms with Crippen LogP contribution in [0.25, 0.3) is 55.0 Å². The van der Waals surface area contributed by atoms with E-state index >= 15 is 0 Å². The molecule has 2 aromatic heterocycles. The molecule has 0 fully saturated rings. The van der Waals surface area contributed by atoms with Crippen LogP contribution < -0.4 is 0 Å². The number of aromatic nitrogens is 2. The van der Waals surface area contributed by atoms with Crippen LogP contribution in [0.15, 0.2) is 109 Å². The molecule has 0 unspecified atom stereocenters. The summed E-state index contributed by atoms with van der Waals surface area (Å²) in [6, 6.07) is 39.9. The van der Waals surface area contributed by atoms with E-state index in [1.165, 1.54) is 66.1 Å². The first kappa shape index (κ1) is 19.1. The second-order valence-electron chi connectivity index (χ2n) is 10.2. The Morgan fingerprint density at radius 2 is 1.11 bits per heavy atom. The normalized spacial score (nSPS) is 14.2. The lowest BCUT2D eigenvalue weighted by Crippen LogP contribution is -2.26. The van der Waals surface area contributed by atoms with Crippen molar-refractivity contribution in [2.45, 2.75) is 19.3 Å². The standard InChI is InChI=1S/C33H24N2/c1-33(2)24-16-8-11-19-28(24)35-27-18-10-7-15-23(27)31-30-22-14-6-9-17-26(22)34(21-12-4-3-5-13-21)29(30)20-25(33)32(31)35/h3-20H,1-2H3. The molecule has 0 aliphatic carbocycles. The van der Waals surface area contributed by atoms with Crippen LogP contribution in [0.2, 0.25) is 0 Å². The molecule has 5 aromatic carbocycles. The summed E-state index contributed by atoms with van der Waals surface area (Å²) in [6.07, 6.45) is 0.